The van der Waals surface area contributed by atoms with Crippen LogP contribution in [0.5, 0.6) is 5.75 Å². The van der Waals surface area contributed by atoms with E-state index in [2.05, 4.69) is 5.32 Å². The minimum atomic E-state index is -0.294. The van der Waals surface area contributed by atoms with Gasteiger partial charge in [0.05, 0.1) is 24.1 Å². The molecule has 1 aromatic heterocycles. The van der Waals surface area contributed by atoms with Crippen LogP contribution in [0.25, 0.3) is 6.08 Å². The first-order valence-corrected chi connectivity index (χ1v) is 5.93. The number of furan rings is 1. The molecule has 0 aliphatic carbocycles. The molecule has 1 N–H and O–H groups in total. The van der Waals surface area contributed by atoms with E-state index in [1.165, 1.54) is 19.4 Å². The van der Waals surface area contributed by atoms with Crippen LogP contribution >= 0.6 is 11.6 Å². The Morgan fingerprint density at radius 1 is 1.37 bits per heavy atom. The normalized spacial score (nSPS) is 10.6. The fourth-order valence-electron chi connectivity index (χ4n) is 1.53. The molecule has 5 heteroatoms. The summed E-state index contributed by atoms with van der Waals surface area (Å²) in [5.41, 5.74) is 0.518. The number of halogens is 1. The third-order valence-corrected chi connectivity index (χ3v) is 2.67. The molecule has 2 rings (SSSR count). The average molecular weight is 278 g/mol. The van der Waals surface area contributed by atoms with Crippen LogP contribution in [0.4, 0.5) is 5.69 Å². The zero-order valence-electron chi connectivity index (χ0n) is 10.2. The van der Waals surface area contributed by atoms with Gasteiger partial charge < -0.3 is 14.5 Å². The number of nitrogens with one attached hydrogen (secondary N) is 1. The minimum absolute atomic E-state index is 0.294. The highest BCUT2D eigenvalue weighted by Crippen LogP contribution is 2.32. The van der Waals surface area contributed by atoms with Crippen LogP contribution in [-0.2, 0) is 4.79 Å². The molecule has 0 unspecified atom stereocenters. The number of benzene rings is 1. The lowest BCUT2D eigenvalue weighted by Gasteiger charge is -2.09. The Labute approximate surface area is 115 Å². The van der Waals surface area contributed by atoms with Gasteiger partial charge in [-0.2, -0.15) is 0 Å². The predicted molar refractivity (Wildman–Crippen MR) is 74.4 cm³/mol. The molecule has 0 aliphatic rings. The molecule has 0 radical (unpaired) electrons. The molecule has 1 amide bonds. The van der Waals surface area contributed by atoms with E-state index in [1.807, 2.05) is 0 Å². The third kappa shape index (κ3) is 3.39. The Hall–Kier alpha value is -2.20. The van der Waals surface area contributed by atoms with Gasteiger partial charge in [-0.15, -0.1) is 0 Å². The Bertz CT molecular complexity index is 591. The molecule has 2 aromatic rings. The SMILES string of the molecule is COc1c(Cl)cccc1NC(=O)C=Cc1ccco1. The largest absolute Gasteiger partial charge is 0.493 e. The molecule has 0 aliphatic heterocycles. The molecule has 0 spiro atoms. The van der Waals surface area contributed by atoms with Crippen molar-refractivity contribution >= 4 is 29.3 Å². The number of para-hydroxylation sites is 1. The molecule has 1 heterocycles. The predicted octanol–water partition coefficient (Wildman–Crippen LogP) is 3.59. The number of hydrogen-bond acceptors (Lipinski definition) is 3. The van der Waals surface area contributed by atoms with Crippen molar-refractivity contribution in [1.82, 2.24) is 0 Å². The maximum Gasteiger partial charge on any atom is 0.248 e. The quantitative estimate of drug-likeness (QED) is 0.869. The molecule has 98 valence electrons. The summed E-state index contributed by atoms with van der Waals surface area (Å²) in [7, 11) is 1.50. The second kappa shape index (κ2) is 6.11. The van der Waals surface area contributed by atoms with Crippen LogP contribution in [0.2, 0.25) is 5.02 Å². The lowest BCUT2D eigenvalue weighted by molar-refractivity contribution is -0.111. The van der Waals surface area contributed by atoms with Crippen molar-refractivity contribution in [1.29, 1.82) is 0 Å². The Balaban J connectivity index is 2.09. The van der Waals surface area contributed by atoms with E-state index >= 15 is 0 Å². The van der Waals surface area contributed by atoms with Gasteiger partial charge in [-0.3, -0.25) is 4.79 Å². The van der Waals surface area contributed by atoms with Crippen LogP contribution in [0.1, 0.15) is 5.76 Å². The van der Waals surface area contributed by atoms with Crippen molar-refractivity contribution in [2.24, 2.45) is 0 Å². The fourth-order valence-corrected chi connectivity index (χ4v) is 1.78. The second-order valence-electron chi connectivity index (χ2n) is 3.66. The molecule has 19 heavy (non-hydrogen) atoms. The maximum absolute atomic E-state index is 11.7. The van der Waals surface area contributed by atoms with Gasteiger partial charge in [0.1, 0.15) is 5.76 Å². The zero-order valence-corrected chi connectivity index (χ0v) is 11.0. The van der Waals surface area contributed by atoms with E-state index in [0.717, 1.165) is 0 Å². The molecule has 0 bridgehead atoms. The van der Waals surface area contributed by atoms with E-state index in [1.54, 1.807) is 36.4 Å². The van der Waals surface area contributed by atoms with E-state index < -0.39 is 0 Å². The van der Waals surface area contributed by atoms with Crippen molar-refractivity contribution in [2.75, 3.05) is 12.4 Å². The van der Waals surface area contributed by atoms with Crippen LogP contribution in [-0.4, -0.2) is 13.0 Å². The summed E-state index contributed by atoms with van der Waals surface area (Å²) in [4.78, 5) is 11.7. The smallest absolute Gasteiger partial charge is 0.248 e. The Kier molecular flexibility index (Phi) is 4.26. The van der Waals surface area contributed by atoms with E-state index in [9.17, 15) is 4.79 Å². The molecule has 4 nitrogen and oxygen atoms in total. The number of hydrogen-bond donors (Lipinski definition) is 1. The van der Waals surface area contributed by atoms with Gasteiger partial charge in [0.2, 0.25) is 5.91 Å². The monoisotopic (exact) mass is 277 g/mol. The van der Waals surface area contributed by atoms with Crippen LogP contribution < -0.4 is 10.1 Å². The van der Waals surface area contributed by atoms with E-state index in [-0.39, 0.29) is 5.91 Å². The summed E-state index contributed by atoms with van der Waals surface area (Å²) in [5.74, 6) is 0.745. The van der Waals surface area contributed by atoms with E-state index in [0.29, 0.717) is 22.2 Å². The number of methoxy groups -OCH3 is 1. The summed E-state index contributed by atoms with van der Waals surface area (Å²) in [6, 6.07) is 8.64. The number of amides is 1. The van der Waals surface area contributed by atoms with Crippen LogP contribution in [0.3, 0.4) is 0 Å². The molecule has 0 saturated carbocycles. The second-order valence-corrected chi connectivity index (χ2v) is 4.07. The molecule has 0 fully saturated rings. The Morgan fingerprint density at radius 2 is 2.21 bits per heavy atom. The lowest BCUT2D eigenvalue weighted by Crippen LogP contribution is -2.08. The summed E-state index contributed by atoms with van der Waals surface area (Å²) in [6.07, 6.45) is 4.49. The maximum atomic E-state index is 11.7. The molecule has 0 saturated heterocycles. The third-order valence-electron chi connectivity index (χ3n) is 2.37. The van der Waals surface area contributed by atoms with Gasteiger partial charge >= 0.3 is 0 Å². The van der Waals surface area contributed by atoms with Crippen LogP contribution in [0.15, 0.2) is 47.1 Å². The number of carbonyl (C=O) groups excluding carboxylic acids is 1. The van der Waals surface area contributed by atoms with Crippen molar-refractivity contribution in [3.8, 4) is 5.75 Å². The van der Waals surface area contributed by atoms with Gasteiger partial charge in [-0.05, 0) is 30.3 Å². The highest BCUT2D eigenvalue weighted by atomic mass is 35.5. The summed E-state index contributed by atoms with van der Waals surface area (Å²) >= 11 is 5.96. The van der Waals surface area contributed by atoms with E-state index in [4.69, 9.17) is 20.8 Å². The number of ether oxygens (including phenoxy) is 1. The minimum Gasteiger partial charge on any atom is -0.493 e. The van der Waals surface area contributed by atoms with Gasteiger partial charge in [0, 0.05) is 6.08 Å². The van der Waals surface area contributed by atoms with Crippen molar-refractivity contribution in [3.05, 3.63) is 53.5 Å². The highest BCUT2D eigenvalue weighted by molar-refractivity contribution is 6.32. The van der Waals surface area contributed by atoms with Gasteiger partial charge in [-0.25, -0.2) is 0 Å². The zero-order chi connectivity index (χ0) is 13.7. The number of rotatable bonds is 4. The highest BCUT2D eigenvalue weighted by Gasteiger charge is 2.08. The molecule has 1 aromatic carbocycles. The summed E-state index contributed by atoms with van der Waals surface area (Å²) < 4.78 is 10.2. The first-order valence-electron chi connectivity index (χ1n) is 5.56. The van der Waals surface area contributed by atoms with Crippen molar-refractivity contribution < 1.29 is 13.9 Å². The first-order chi connectivity index (χ1) is 9.20. The number of carbonyl (C=O) groups is 1. The van der Waals surface area contributed by atoms with Gasteiger partial charge in [0.15, 0.2) is 5.75 Å². The van der Waals surface area contributed by atoms with Gasteiger partial charge in [-0.1, -0.05) is 17.7 Å². The molecular formula is C14H12ClNO3. The fraction of sp³-hybridized carbons (Fsp3) is 0.0714. The standard InChI is InChI=1S/C14H12ClNO3/c1-18-14-11(15)5-2-6-12(14)16-13(17)8-7-10-4-3-9-19-10/h2-9H,1H3,(H,16,17). The van der Waals surface area contributed by atoms with Crippen molar-refractivity contribution in [3.63, 3.8) is 0 Å². The topological polar surface area (TPSA) is 51.5 Å². The average Bonchev–Trinajstić information content (AvgIpc) is 2.90. The van der Waals surface area contributed by atoms with Gasteiger partial charge in [0.25, 0.3) is 0 Å². The first kappa shape index (κ1) is 13.2. The molecule has 0 atom stereocenters. The summed E-state index contributed by atoms with van der Waals surface area (Å²) in [5, 5.41) is 3.13. The van der Waals surface area contributed by atoms with Crippen LogP contribution in [0, 0.1) is 0 Å². The number of anilines is 1. The summed E-state index contributed by atoms with van der Waals surface area (Å²) in [6.45, 7) is 0. The lowest BCUT2D eigenvalue weighted by atomic mass is 10.3. The Morgan fingerprint density at radius 3 is 2.89 bits per heavy atom. The van der Waals surface area contributed by atoms with Crippen molar-refractivity contribution in [2.45, 2.75) is 0 Å². The molecular weight excluding hydrogens is 266 g/mol.